The van der Waals surface area contributed by atoms with Gasteiger partial charge >= 0.3 is 0 Å². The molecule has 4 nitrogen and oxygen atoms in total. The van der Waals surface area contributed by atoms with Crippen LogP contribution in [-0.4, -0.2) is 49.6 Å². The van der Waals surface area contributed by atoms with Gasteiger partial charge in [0.05, 0.1) is 6.54 Å². The van der Waals surface area contributed by atoms with Gasteiger partial charge in [-0.2, -0.15) is 0 Å². The number of rotatable bonds is 9. The lowest BCUT2D eigenvalue weighted by molar-refractivity contribution is -0.122. The van der Waals surface area contributed by atoms with Crippen molar-refractivity contribution >= 4 is 11.6 Å². The largest absolute Gasteiger partial charge is 0.370 e. The van der Waals surface area contributed by atoms with Gasteiger partial charge in [0.1, 0.15) is 0 Å². The third-order valence-corrected chi connectivity index (χ3v) is 4.27. The Morgan fingerprint density at radius 1 is 1.27 bits per heavy atom. The average molecular weight is 303 g/mol. The van der Waals surface area contributed by atoms with Gasteiger partial charge in [-0.3, -0.25) is 9.69 Å². The van der Waals surface area contributed by atoms with E-state index in [4.69, 9.17) is 0 Å². The van der Waals surface area contributed by atoms with Crippen molar-refractivity contribution in [2.45, 2.75) is 39.7 Å². The Morgan fingerprint density at radius 3 is 2.64 bits per heavy atom. The first kappa shape index (κ1) is 16.8. The molecule has 1 aromatic carbocycles. The summed E-state index contributed by atoms with van der Waals surface area (Å²) in [6.45, 7) is 10.4. The van der Waals surface area contributed by atoms with Gasteiger partial charge in [-0.1, -0.05) is 19.1 Å². The fourth-order valence-electron chi connectivity index (χ4n) is 2.80. The number of anilines is 1. The van der Waals surface area contributed by atoms with Crippen molar-refractivity contribution in [2.24, 2.45) is 0 Å². The van der Waals surface area contributed by atoms with Gasteiger partial charge in [-0.15, -0.1) is 0 Å². The molecule has 0 atom stereocenters. The van der Waals surface area contributed by atoms with Gasteiger partial charge in [0.25, 0.3) is 0 Å². The van der Waals surface area contributed by atoms with Crippen LogP contribution in [0.2, 0.25) is 0 Å². The summed E-state index contributed by atoms with van der Waals surface area (Å²) in [5.41, 5.74) is 2.49. The third kappa shape index (κ3) is 5.02. The smallest absolute Gasteiger partial charge is 0.234 e. The summed E-state index contributed by atoms with van der Waals surface area (Å²) in [7, 11) is 0. The monoisotopic (exact) mass is 303 g/mol. The number of nitrogens with zero attached hydrogens (tertiary/aromatic N) is 2. The summed E-state index contributed by atoms with van der Waals surface area (Å²) >= 11 is 0. The Bertz CT molecular complexity index is 485. The lowest BCUT2D eigenvalue weighted by Gasteiger charge is -2.24. The highest BCUT2D eigenvalue weighted by molar-refractivity contribution is 5.78. The SMILES string of the molecule is CCN(CCNC(=O)CN(CC)C1CC1)c1cccc(C)c1. The van der Waals surface area contributed by atoms with E-state index in [0.29, 0.717) is 19.1 Å². The maximum Gasteiger partial charge on any atom is 0.234 e. The Balaban J connectivity index is 1.75. The summed E-state index contributed by atoms with van der Waals surface area (Å²) in [6.07, 6.45) is 2.50. The van der Waals surface area contributed by atoms with Crippen LogP contribution in [0.1, 0.15) is 32.3 Å². The van der Waals surface area contributed by atoms with Crippen LogP contribution in [0.3, 0.4) is 0 Å². The van der Waals surface area contributed by atoms with E-state index in [0.717, 1.165) is 19.6 Å². The zero-order valence-corrected chi connectivity index (χ0v) is 14.1. The minimum Gasteiger partial charge on any atom is -0.370 e. The molecule has 0 spiro atoms. The molecule has 0 aliphatic heterocycles. The Labute approximate surface area is 134 Å². The number of likely N-dealkylation sites (N-methyl/N-ethyl adjacent to an activating group) is 2. The summed E-state index contributed by atoms with van der Waals surface area (Å²) in [4.78, 5) is 16.6. The average Bonchev–Trinajstić information content (AvgIpc) is 3.34. The van der Waals surface area contributed by atoms with E-state index < -0.39 is 0 Å². The van der Waals surface area contributed by atoms with Gasteiger partial charge in [0.15, 0.2) is 0 Å². The van der Waals surface area contributed by atoms with Crippen molar-refractivity contribution < 1.29 is 4.79 Å². The van der Waals surface area contributed by atoms with Crippen LogP contribution in [0.25, 0.3) is 0 Å². The molecule has 0 radical (unpaired) electrons. The lowest BCUT2D eigenvalue weighted by Crippen LogP contribution is -2.41. The number of benzene rings is 1. The van der Waals surface area contributed by atoms with Gasteiger partial charge < -0.3 is 10.2 Å². The summed E-state index contributed by atoms with van der Waals surface area (Å²) < 4.78 is 0. The van der Waals surface area contributed by atoms with Gasteiger partial charge in [-0.25, -0.2) is 0 Å². The second kappa shape index (κ2) is 8.18. The van der Waals surface area contributed by atoms with Gasteiger partial charge in [-0.05, 0) is 50.9 Å². The maximum absolute atomic E-state index is 12.0. The molecule has 1 N–H and O–H groups in total. The van der Waals surface area contributed by atoms with Crippen molar-refractivity contribution in [1.82, 2.24) is 10.2 Å². The maximum atomic E-state index is 12.0. The Hall–Kier alpha value is -1.55. The highest BCUT2D eigenvalue weighted by Gasteiger charge is 2.28. The molecule has 1 amide bonds. The standard InChI is InChI=1S/C18H29N3O/c1-4-20(17-8-6-7-15(3)13-17)12-11-19-18(22)14-21(5-2)16-9-10-16/h6-8,13,16H,4-5,9-12,14H2,1-3H3,(H,19,22). The van der Waals surface area contributed by atoms with Crippen LogP contribution >= 0.6 is 0 Å². The molecule has 0 heterocycles. The number of amides is 1. The van der Waals surface area contributed by atoms with E-state index in [1.54, 1.807) is 0 Å². The molecule has 0 bridgehead atoms. The molecule has 1 fully saturated rings. The van der Waals surface area contributed by atoms with E-state index in [1.165, 1.54) is 24.1 Å². The summed E-state index contributed by atoms with van der Waals surface area (Å²) in [5.74, 6) is 0.147. The lowest BCUT2D eigenvalue weighted by atomic mass is 10.2. The van der Waals surface area contributed by atoms with E-state index in [1.807, 2.05) is 0 Å². The molecule has 1 saturated carbocycles. The van der Waals surface area contributed by atoms with Crippen molar-refractivity contribution in [3.8, 4) is 0 Å². The number of carbonyl (C=O) groups excluding carboxylic acids is 1. The second-order valence-electron chi connectivity index (χ2n) is 6.06. The van der Waals surface area contributed by atoms with Crippen molar-refractivity contribution in [3.05, 3.63) is 29.8 Å². The number of aryl methyl sites for hydroxylation is 1. The van der Waals surface area contributed by atoms with Gasteiger partial charge in [0.2, 0.25) is 5.91 Å². The van der Waals surface area contributed by atoms with E-state index in [2.05, 4.69) is 60.2 Å². The number of carbonyl (C=O) groups is 1. The molecule has 0 aromatic heterocycles. The predicted octanol–water partition coefficient (Wildman–Crippen LogP) is 2.42. The van der Waals surface area contributed by atoms with Crippen LogP contribution in [0.4, 0.5) is 5.69 Å². The molecule has 1 aliphatic carbocycles. The molecule has 0 saturated heterocycles. The first-order valence-electron chi connectivity index (χ1n) is 8.46. The first-order chi connectivity index (χ1) is 10.6. The van der Waals surface area contributed by atoms with Crippen molar-refractivity contribution in [3.63, 3.8) is 0 Å². The Kier molecular flexibility index (Phi) is 6.25. The zero-order valence-electron chi connectivity index (χ0n) is 14.1. The van der Waals surface area contributed by atoms with E-state index in [9.17, 15) is 4.79 Å². The first-order valence-corrected chi connectivity index (χ1v) is 8.46. The summed E-state index contributed by atoms with van der Waals surface area (Å²) in [5, 5.41) is 3.06. The van der Waals surface area contributed by atoms with Crippen LogP contribution in [0.5, 0.6) is 0 Å². The normalized spacial score (nSPS) is 14.2. The topological polar surface area (TPSA) is 35.6 Å². The van der Waals surface area contributed by atoms with Crippen LogP contribution in [0.15, 0.2) is 24.3 Å². The molecule has 1 aromatic rings. The summed E-state index contributed by atoms with van der Waals surface area (Å²) in [6, 6.07) is 9.16. The van der Waals surface area contributed by atoms with Crippen LogP contribution in [-0.2, 0) is 4.79 Å². The molecule has 0 unspecified atom stereocenters. The minimum atomic E-state index is 0.147. The van der Waals surface area contributed by atoms with Gasteiger partial charge in [0, 0.05) is 31.4 Å². The molecule has 1 aliphatic rings. The predicted molar refractivity (Wildman–Crippen MR) is 92.3 cm³/mol. The number of nitrogens with one attached hydrogen (secondary N) is 1. The fraction of sp³-hybridized carbons (Fsp3) is 0.611. The van der Waals surface area contributed by atoms with Crippen molar-refractivity contribution in [2.75, 3.05) is 37.6 Å². The molecule has 22 heavy (non-hydrogen) atoms. The number of hydrogen-bond acceptors (Lipinski definition) is 3. The molecular formula is C18H29N3O. The highest BCUT2D eigenvalue weighted by Crippen LogP contribution is 2.25. The number of hydrogen-bond donors (Lipinski definition) is 1. The van der Waals surface area contributed by atoms with E-state index >= 15 is 0 Å². The van der Waals surface area contributed by atoms with Crippen LogP contribution < -0.4 is 10.2 Å². The highest BCUT2D eigenvalue weighted by atomic mass is 16.2. The van der Waals surface area contributed by atoms with Crippen molar-refractivity contribution in [1.29, 1.82) is 0 Å². The second-order valence-corrected chi connectivity index (χ2v) is 6.06. The van der Waals surface area contributed by atoms with E-state index in [-0.39, 0.29) is 5.91 Å². The quantitative estimate of drug-likeness (QED) is 0.761. The minimum absolute atomic E-state index is 0.147. The fourth-order valence-corrected chi connectivity index (χ4v) is 2.80. The molecular weight excluding hydrogens is 274 g/mol. The Morgan fingerprint density at radius 2 is 2.05 bits per heavy atom. The van der Waals surface area contributed by atoms with Crippen LogP contribution in [0, 0.1) is 6.92 Å². The molecule has 2 rings (SSSR count). The zero-order chi connectivity index (χ0) is 15.9. The molecule has 122 valence electrons. The third-order valence-electron chi connectivity index (χ3n) is 4.27. The molecule has 4 heteroatoms.